The van der Waals surface area contributed by atoms with Gasteiger partial charge in [0.25, 0.3) is 0 Å². The number of rotatable bonds is 2. The second kappa shape index (κ2) is 5.29. The zero-order valence-electron chi connectivity index (χ0n) is 11.1. The first-order valence-corrected chi connectivity index (χ1v) is 7.60. The average Bonchev–Trinajstić information content (AvgIpc) is 2.38. The van der Waals surface area contributed by atoms with E-state index in [1.54, 1.807) is 12.1 Å². The van der Waals surface area contributed by atoms with Crippen LogP contribution in [0.1, 0.15) is 12.5 Å². The summed E-state index contributed by atoms with van der Waals surface area (Å²) in [4.78, 5) is 2.21. The molecule has 0 spiro atoms. The highest BCUT2D eigenvalue weighted by Gasteiger charge is 2.33. The van der Waals surface area contributed by atoms with Gasteiger partial charge in [-0.1, -0.05) is 12.1 Å². The molecular weight excluding hydrogens is 262 g/mol. The molecule has 0 bridgehead atoms. The van der Waals surface area contributed by atoms with Crippen LogP contribution >= 0.6 is 0 Å². The molecule has 1 aromatic carbocycles. The monoisotopic (exact) mass is 279 g/mol. The summed E-state index contributed by atoms with van der Waals surface area (Å²) in [5.74, 6) is 0. The molecule has 1 heterocycles. The summed E-state index contributed by atoms with van der Waals surface area (Å²) in [5.41, 5.74) is 0.202. The smallest absolute Gasteiger partial charge is 0.244 e. The molecule has 19 heavy (non-hydrogen) atoms. The molecule has 1 aliphatic heterocycles. The summed E-state index contributed by atoms with van der Waals surface area (Å²) in [6.45, 7) is 3.76. The summed E-state index contributed by atoms with van der Waals surface area (Å²) in [7, 11) is -1.62. The molecule has 5 nitrogen and oxygen atoms in total. The lowest BCUT2D eigenvalue weighted by molar-refractivity contribution is 0.170. The summed E-state index contributed by atoms with van der Waals surface area (Å²) < 4.78 is 26.8. The molecule has 0 N–H and O–H groups in total. The van der Waals surface area contributed by atoms with Crippen molar-refractivity contribution in [3.63, 3.8) is 0 Å². The standard InChI is InChI=1S/C13H17N3O2S/c1-11-10-15(2)7-8-16(11)19(17,18)13-6-4-3-5-12(13)9-14/h3-6,11H,7-8,10H2,1-2H3. The van der Waals surface area contributed by atoms with E-state index in [1.807, 2.05) is 20.0 Å². The van der Waals surface area contributed by atoms with Crippen molar-refractivity contribution in [3.05, 3.63) is 29.8 Å². The van der Waals surface area contributed by atoms with Crippen molar-refractivity contribution in [2.24, 2.45) is 0 Å². The van der Waals surface area contributed by atoms with Crippen molar-refractivity contribution >= 4 is 10.0 Å². The molecule has 2 rings (SSSR count). The van der Waals surface area contributed by atoms with E-state index in [4.69, 9.17) is 5.26 Å². The Morgan fingerprint density at radius 3 is 2.63 bits per heavy atom. The lowest BCUT2D eigenvalue weighted by Gasteiger charge is -2.37. The minimum atomic E-state index is -3.59. The van der Waals surface area contributed by atoms with Crippen LogP contribution in [0.2, 0.25) is 0 Å². The first-order chi connectivity index (χ1) is 8.96. The van der Waals surface area contributed by atoms with E-state index in [0.717, 1.165) is 0 Å². The average molecular weight is 279 g/mol. The fourth-order valence-corrected chi connectivity index (χ4v) is 4.15. The van der Waals surface area contributed by atoms with Gasteiger partial charge in [-0.3, -0.25) is 0 Å². The van der Waals surface area contributed by atoms with Gasteiger partial charge in [0.15, 0.2) is 0 Å². The van der Waals surface area contributed by atoms with E-state index < -0.39 is 10.0 Å². The van der Waals surface area contributed by atoms with Crippen LogP contribution in [-0.2, 0) is 10.0 Å². The number of hydrogen-bond donors (Lipinski definition) is 0. The van der Waals surface area contributed by atoms with E-state index in [9.17, 15) is 8.42 Å². The predicted molar refractivity (Wildman–Crippen MR) is 72.0 cm³/mol. The van der Waals surface area contributed by atoms with Crippen molar-refractivity contribution in [1.29, 1.82) is 5.26 Å². The molecule has 1 atom stereocenters. The van der Waals surface area contributed by atoms with Crippen molar-refractivity contribution in [1.82, 2.24) is 9.21 Å². The third-order valence-corrected chi connectivity index (χ3v) is 5.44. The fourth-order valence-electron chi connectivity index (χ4n) is 2.39. The van der Waals surface area contributed by atoms with Gasteiger partial charge in [0, 0.05) is 25.7 Å². The number of sulfonamides is 1. The SMILES string of the molecule is CC1CN(C)CCN1S(=O)(=O)c1ccccc1C#N. The van der Waals surface area contributed by atoms with Crippen LogP contribution < -0.4 is 0 Å². The van der Waals surface area contributed by atoms with E-state index in [0.29, 0.717) is 19.6 Å². The molecule has 6 heteroatoms. The zero-order chi connectivity index (χ0) is 14.0. The van der Waals surface area contributed by atoms with Gasteiger partial charge in [-0.05, 0) is 26.1 Å². The quantitative estimate of drug-likeness (QED) is 0.806. The minimum Gasteiger partial charge on any atom is -0.303 e. The number of piperazine rings is 1. The third kappa shape index (κ3) is 2.63. The van der Waals surface area contributed by atoms with Gasteiger partial charge in [0.1, 0.15) is 6.07 Å². The van der Waals surface area contributed by atoms with Crippen LogP contribution in [0.4, 0.5) is 0 Å². The molecule has 1 unspecified atom stereocenters. The van der Waals surface area contributed by atoms with Gasteiger partial charge in [-0.15, -0.1) is 0 Å². The topological polar surface area (TPSA) is 64.4 Å². The molecule has 1 saturated heterocycles. The molecule has 1 aromatic rings. The Morgan fingerprint density at radius 1 is 1.32 bits per heavy atom. The maximum Gasteiger partial charge on any atom is 0.244 e. The highest BCUT2D eigenvalue weighted by Crippen LogP contribution is 2.23. The summed E-state index contributed by atoms with van der Waals surface area (Å²) in [5, 5.41) is 9.05. The number of nitriles is 1. The Balaban J connectivity index is 2.41. The number of benzene rings is 1. The largest absolute Gasteiger partial charge is 0.303 e. The lowest BCUT2D eigenvalue weighted by atomic mass is 10.2. The highest BCUT2D eigenvalue weighted by atomic mass is 32.2. The van der Waals surface area contributed by atoms with Crippen molar-refractivity contribution < 1.29 is 8.42 Å². The van der Waals surface area contributed by atoms with Crippen molar-refractivity contribution in [2.45, 2.75) is 17.9 Å². The lowest BCUT2D eigenvalue weighted by Crippen LogP contribution is -2.52. The summed E-state index contributed by atoms with van der Waals surface area (Å²) >= 11 is 0. The van der Waals surface area contributed by atoms with Crippen LogP contribution in [-0.4, -0.2) is 50.3 Å². The van der Waals surface area contributed by atoms with E-state index >= 15 is 0 Å². The number of likely N-dealkylation sites (N-methyl/N-ethyl adjacent to an activating group) is 1. The Kier molecular flexibility index (Phi) is 3.90. The molecule has 102 valence electrons. The molecule has 0 aromatic heterocycles. The van der Waals surface area contributed by atoms with Crippen molar-refractivity contribution in [3.8, 4) is 6.07 Å². The van der Waals surface area contributed by atoms with Gasteiger partial charge in [-0.2, -0.15) is 9.57 Å². The van der Waals surface area contributed by atoms with Crippen LogP contribution in [0.25, 0.3) is 0 Å². The zero-order valence-corrected chi connectivity index (χ0v) is 11.9. The first-order valence-electron chi connectivity index (χ1n) is 6.16. The highest BCUT2D eigenvalue weighted by molar-refractivity contribution is 7.89. The van der Waals surface area contributed by atoms with Crippen molar-refractivity contribution in [2.75, 3.05) is 26.7 Å². The Hall–Kier alpha value is -1.42. The van der Waals surface area contributed by atoms with E-state index in [-0.39, 0.29) is 16.5 Å². The molecule has 0 radical (unpaired) electrons. The second-order valence-corrected chi connectivity index (χ2v) is 6.69. The third-order valence-electron chi connectivity index (χ3n) is 3.36. The molecular formula is C13H17N3O2S. The summed E-state index contributed by atoms with van der Waals surface area (Å²) in [6.07, 6.45) is 0. The van der Waals surface area contributed by atoms with E-state index in [1.165, 1.54) is 16.4 Å². The van der Waals surface area contributed by atoms with Gasteiger partial charge >= 0.3 is 0 Å². The minimum absolute atomic E-state index is 0.0875. The molecule has 1 fully saturated rings. The van der Waals surface area contributed by atoms with Gasteiger partial charge in [0.05, 0.1) is 10.5 Å². The van der Waals surface area contributed by atoms with Crippen LogP contribution in [0, 0.1) is 11.3 Å². The number of nitrogens with zero attached hydrogens (tertiary/aromatic N) is 3. The fraction of sp³-hybridized carbons (Fsp3) is 0.462. The van der Waals surface area contributed by atoms with Crippen LogP contribution in [0.15, 0.2) is 29.2 Å². The van der Waals surface area contributed by atoms with Gasteiger partial charge < -0.3 is 4.90 Å². The Labute approximate surface area is 114 Å². The van der Waals surface area contributed by atoms with Gasteiger partial charge in [0.2, 0.25) is 10.0 Å². The Bertz CT molecular complexity index is 607. The molecule has 0 saturated carbocycles. The maximum atomic E-state index is 12.6. The molecule has 1 aliphatic rings. The second-order valence-electron chi connectivity index (χ2n) is 4.83. The number of hydrogen-bond acceptors (Lipinski definition) is 4. The first kappa shape index (κ1) is 14.0. The van der Waals surface area contributed by atoms with Gasteiger partial charge in [-0.25, -0.2) is 8.42 Å². The van der Waals surface area contributed by atoms with E-state index in [2.05, 4.69) is 4.90 Å². The Morgan fingerprint density at radius 2 is 2.00 bits per heavy atom. The van der Waals surface area contributed by atoms with Crippen LogP contribution in [0.3, 0.4) is 0 Å². The normalized spacial score (nSPS) is 22.1. The predicted octanol–water partition coefficient (Wildman–Crippen LogP) is 0.883. The molecule has 0 aliphatic carbocycles. The van der Waals surface area contributed by atoms with Crippen LogP contribution in [0.5, 0.6) is 0 Å². The maximum absolute atomic E-state index is 12.6. The molecule has 0 amide bonds. The summed E-state index contributed by atoms with van der Waals surface area (Å²) in [6, 6.07) is 8.21.